The molecular formula is C13H22N2O5. The summed E-state index contributed by atoms with van der Waals surface area (Å²) in [5, 5.41) is 9.07. The third-order valence-electron chi connectivity index (χ3n) is 3.48. The Labute approximate surface area is 118 Å². The predicted molar refractivity (Wildman–Crippen MR) is 71.1 cm³/mol. The standard InChI is InChI=1S/C13H22N2O5/c1-4-14(8-11(16)20-5-2)13(19)15-6-9(3)10(7-15)12(17)18/h9-10H,4-8H2,1-3H3,(H,17,18). The van der Waals surface area contributed by atoms with Crippen molar-refractivity contribution in [3.05, 3.63) is 0 Å². The minimum atomic E-state index is -0.888. The van der Waals surface area contributed by atoms with Crippen molar-refractivity contribution in [2.45, 2.75) is 20.8 Å². The Kier molecular flexibility index (Phi) is 5.79. The first kappa shape index (κ1) is 16.3. The van der Waals surface area contributed by atoms with E-state index in [0.717, 1.165) is 0 Å². The lowest BCUT2D eigenvalue weighted by Crippen LogP contribution is -2.45. The van der Waals surface area contributed by atoms with E-state index < -0.39 is 17.9 Å². The van der Waals surface area contributed by atoms with Gasteiger partial charge in [-0.25, -0.2) is 4.79 Å². The maximum atomic E-state index is 12.3. The van der Waals surface area contributed by atoms with Gasteiger partial charge in [-0.15, -0.1) is 0 Å². The Morgan fingerprint density at radius 2 is 1.95 bits per heavy atom. The van der Waals surface area contributed by atoms with Crippen LogP contribution in [0.1, 0.15) is 20.8 Å². The Balaban J connectivity index is 2.63. The van der Waals surface area contributed by atoms with Crippen molar-refractivity contribution in [3.63, 3.8) is 0 Å². The number of likely N-dealkylation sites (tertiary alicyclic amines) is 1. The van der Waals surface area contributed by atoms with Gasteiger partial charge in [-0.2, -0.15) is 0 Å². The molecule has 2 unspecified atom stereocenters. The highest BCUT2D eigenvalue weighted by atomic mass is 16.5. The van der Waals surface area contributed by atoms with Gasteiger partial charge in [0, 0.05) is 19.6 Å². The number of hydrogen-bond acceptors (Lipinski definition) is 4. The minimum absolute atomic E-state index is 0.0854. The number of carboxylic acids is 1. The van der Waals surface area contributed by atoms with Crippen LogP contribution in [0.15, 0.2) is 0 Å². The van der Waals surface area contributed by atoms with E-state index in [0.29, 0.717) is 13.1 Å². The van der Waals surface area contributed by atoms with Crippen molar-refractivity contribution in [1.29, 1.82) is 0 Å². The molecule has 7 nitrogen and oxygen atoms in total. The highest BCUT2D eigenvalue weighted by Crippen LogP contribution is 2.24. The summed E-state index contributed by atoms with van der Waals surface area (Å²) in [4.78, 5) is 37.6. The van der Waals surface area contributed by atoms with Gasteiger partial charge in [-0.05, 0) is 19.8 Å². The van der Waals surface area contributed by atoms with Crippen molar-refractivity contribution < 1.29 is 24.2 Å². The van der Waals surface area contributed by atoms with E-state index in [-0.39, 0.29) is 31.6 Å². The molecule has 1 fully saturated rings. The highest BCUT2D eigenvalue weighted by molar-refractivity contribution is 5.82. The second kappa shape index (κ2) is 7.12. The molecule has 2 amide bonds. The lowest BCUT2D eigenvalue weighted by Gasteiger charge is -2.26. The fourth-order valence-electron chi connectivity index (χ4n) is 2.32. The summed E-state index contributed by atoms with van der Waals surface area (Å²) >= 11 is 0. The van der Waals surface area contributed by atoms with Gasteiger partial charge in [0.25, 0.3) is 0 Å². The SMILES string of the molecule is CCOC(=O)CN(CC)C(=O)N1CC(C)C(C(=O)O)C1. The van der Waals surface area contributed by atoms with E-state index >= 15 is 0 Å². The lowest BCUT2D eigenvalue weighted by atomic mass is 9.99. The largest absolute Gasteiger partial charge is 0.481 e. The molecule has 114 valence electrons. The number of aliphatic carboxylic acids is 1. The number of carbonyl (C=O) groups is 3. The van der Waals surface area contributed by atoms with E-state index in [1.54, 1.807) is 13.8 Å². The van der Waals surface area contributed by atoms with Crippen LogP contribution in [0, 0.1) is 11.8 Å². The Morgan fingerprint density at radius 3 is 2.40 bits per heavy atom. The van der Waals surface area contributed by atoms with Gasteiger partial charge in [0.1, 0.15) is 6.54 Å². The van der Waals surface area contributed by atoms with Gasteiger partial charge >= 0.3 is 18.0 Å². The molecule has 1 heterocycles. The van der Waals surface area contributed by atoms with E-state index in [1.807, 2.05) is 6.92 Å². The summed E-state index contributed by atoms with van der Waals surface area (Å²) in [7, 11) is 0. The minimum Gasteiger partial charge on any atom is -0.481 e. The Morgan fingerprint density at radius 1 is 1.30 bits per heavy atom. The molecule has 0 aromatic carbocycles. The smallest absolute Gasteiger partial charge is 0.325 e. The molecule has 1 aliphatic rings. The zero-order valence-corrected chi connectivity index (χ0v) is 12.2. The van der Waals surface area contributed by atoms with Crippen molar-refractivity contribution in [3.8, 4) is 0 Å². The number of carboxylic acid groups (broad SMARTS) is 1. The maximum Gasteiger partial charge on any atom is 0.325 e. The lowest BCUT2D eigenvalue weighted by molar-refractivity contribution is -0.144. The van der Waals surface area contributed by atoms with Gasteiger partial charge in [-0.1, -0.05) is 6.92 Å². The first-order valence-corrected chi connectivity index (χ1v) is 6.82. The fraction of sp³-hybridized carbons (Fsp3) is 0.769. The number of rotatable bonds is 5. The molecule has 0 aliphatic carbocycles. The van der Waals surface area contributed by atoms with Crippen molar-refractivity contribution in [1.82, 2.24) is 9.80 Å². The molecule has 7 heteroatoms. The average Bonchev–Trinajstić information content (AvgIpc) is 2.77. The third kappa shape index (κ3) is 3.85. The predicted octanol–water partition coefficient (Wildman–Crippen LogP) is 0.644. The van der Waals surface area contributed by atoms with Crippen molar-refractivity contribution in [2.24, 2.45) is 11.8 Å². The van der Waals surface area contributed by atoms with Crippen LogP contribution >= 0.6 is 0 Å². The molecule has 1 rings (SSSR count). The van der Waals surface area contributed by atoms with Gasteiger partial charge < -0.3 is 19.6 Å². The molecule has 0 aromatic rings. The molecule has 2 atom stereocenters. The first-order valence-electron chi connectivity index (χ1n) is 6.82. The van der Waals surface area contributed by atoms with Crippen molar-refractivity contribution >= 4 is 18.0 Å². The van der Waals surface area contributed by atoms with Gasteiger partial charge in [0.2, 0.25) is 0 Å². The van der Waals surface area contributed by atoms with Crippen LogP contribution in [0.5, 0.6) is 0 Å². The molecule has 0 aromatic heterocycles. The highest BCUT2D eigenvalue weighted by Gasteiger charge is 2.38. The summed E-state index contributed by atoms with van der Waals surface area (Å²) in [6.45, 7) is 6.41. The number of ether oxygens (including phenoxy) is 1. The number of hydrogen-bond donors (Lipinski definition) is 1. The quantitative estimate of drug-likeness (QED) is 0.750. The summed E-state index contributed by atoms with van der Waals surface area (Å²) in [5.41, 5.74) is 0. The van der Waals surface area contributed by atoms with Crippen LogP contribution in [0.3, 0.4) is 0 Å². The molecule has 1 aliphatic heterocycles. The van der Waals surface area contributed by atoms with E-state index in [4.69, 9.17) is 9.84 Å². The van der Waals surface area contributed by atoms with Crippen LogP contribution in [0.2, 0.25) is 0 Å². The summed E-state index contributed by atoms with van der Waals surface area (Å²) in [5.74, 6) is -1.97. The normalized spacial score (nSPS) is 21.6. The summed E-state index contributed by atoms with van der Waals surface area (Å²) in [6, 6.07) is -0.309. The molecular weight excluding hydrogens is 264 g/mol. The zero-order chi connectivity index (χ0) is 15.3. The monoisotopic (exact) mass is 286 g/mol. The van der Waals surface area contributed by atoms with Gasteiger partial charge in [0.15, 0.2) is 0 Å². The van der Waals surface area contributed by atoms with Gasteiger partial charge in [-0.3, -0.25) is 9.59 Å². The molecule has 1 N–H and O–H groups in total. The topological polar surface area (TPSA) is 87.2 Å². The molecule has 1 saturated heterocycles. The van der Waals surface area contributed by atoms with Crippen LogP contribution in [-0.2, 0) is 14.3 Å². The molecule has 20 heavy (non-hydrogen) atoms. The van der Waals surface area contributed by atoms with Crippen molar-refractivity contribution in [2.75, 3.05) is 32.8 Å². The van der Waals surface area contributed by atoms with Gasteiger partial charge in [0.05, 0.1) is 12.5 Å². The Hall–Kier alpha value is -1.79. The van der Waals surface area contributed by atoms with Crippen LogP contribution in [0.4, 0.5) is 4.79 Å². The Bertz CT molecular complexity index is 385. The molecule has 0 radical (unpaired) electrons. The second-order valence-electron chi connectivity index (χ2n) is 4.93. The number of carbonyl (C=O) groups excluding carboxylic acids is 2. The first-order chi connectivity index (χ1) is 9.40. The number of nitrogens with zero attached hydrogens (tertiary/aromatic N) is 2. The molecule has 0 spiro atoms. The summed E-state index contributed by atoms with van der Waals surface area (Å²) in [6.07, 6.45) is 0. The van der Waals surface area contributed by atoms with Crippen LogP contribution in [-0.4, -0.2) is 65.7 Å². The average molecular weight is 286 g/mol. The van der Waals surface area contributed by atoms with Crippen LogP contribution < -0.4 is 0 Å². The number of likely N-dealkylation sites (N-methyl/N-ethyl adjacent to an activating group) is 1. The number of esters is 1. The van der Waals surface area contributed by atoms with Crippen LogP contribution in [0.25, 0.3) is 0 Å². The maximum absolute atomic E-state index is 12.3. The van der Waals surface area contributed by atoms with E-state index in [1.165, 1.54) is 9.80 Å². The second-order valence-corrected chi connectivity index (χ2v) is 4.93. The third-order valence-corrected chi connectivity index (χ3v) is 3.48. The molecule has 0 bridgehead atoms. The zero-order valence-electron chi connectivity index (χ0n) is 12.2. The molecule has 0 saturated carbocycles. The number of amides is 2. The summed E-state index contributed by atoms with van der Waals surface area (Å²) < 4.78 is 4.82. The van der Waals surface area contributed by atoms with E-state index in [9.17, 15) is 14.4 Å². The number of urea groups is 1. The fourth-order valence-corrected chi connectivity index (χ4v) is 2.32. The van der Waals surface area contributed by atoms with E-state index in [2.05, 4.69) is 0 Å².